The van der Waals surface area contributed by atoms with E-state index < -0.39 is 12.6 Å². The van der Waals surface area contributed by atoms with Gasteiger partial charge >= 0.3 is 6.18 Å². The smallest absolute Gasteiger partial charge is 0.391 e. The molecule has 17 heavy (non-hydrogen) atoms. The van der Waals surface area contributed by atoms with Gasteiger partial charge in [0.25, 0.3) is 0 Å². The molecule has 0 saturated carbocycles. The summed E-state index contributed by atoms with van der Waals surface area (Å²) < 4.78 is 45.7. The van der Waals surface area contributed by atoms with Gasteiger partial charge in [0.1, 0.15) is 5.75 Å². The largest absolute Gasteiger partial charge is 0.496 e. The van der Waals surface area contributed by atoms with Gasteiger partial charge in [0, 0.05) is 5.56 Å². The molecule has 96 valence electrons. The Hall–Kier alpha value is -1.23. The van der Waals surface area contributed by atoms with E-state index in [2.05, 4.69) is 0 Å². The minimum atomic E-state index is -4.17. The van der Waals surface area contributed by atoms with Crippen LogP contribution < -0.4 is 4.74 Å². The van der Waals surface area contributed by atoms with Gasteiger partial charge in [0.15, 0.2) is 0 Å². The Morgan fingerprint density at radius 3 is 2.53 bits per heavy atom. The minimum Gasteiger partial charge on any atom is -0.496 e. The quantitative estimate of drug-likeness (QED) is 0.743. The van der Waals surface area contributed by atoms with Gasteiger partial charge in [0.05, 0.1) is 26.7 Å². The molecule has 0 bridgehead atoms. The van der Waals surface area contributed by atoms with Crippen LogP contribution in [0.5, 0.6) is 5.75 Å². The summed E-state index contributed by atoms with van der Waals surface area (Å²) in [5.74, 6) is 0.636. The fraction of sp³-hybridized carbons (Fsp3) is 0.500. The van der Waals surface area contributed by atoms with Gasteiger partial charge in [-0.05, 0) is 18.6 Å². The molecule has 2 nitrogen and oxygen atoms in total. The summed E-state index contributed by atoms with van der Waals surface area (Å²) in [7, 11) is 1.52. The normalized spacial score (nSPS) is 11.6. The second-order valence-electron chi connectivity index (χ2n) is 3.73. The maximum atomic E-state index is 11.9. The molecule has 1 aromatic rings. The number of benzene rings is 1. The van der Waals surface area contributed by atoms with Crippen LogP contribution in [-0.2, 0) is 11.3 Å². The van der Waals surface area contributed by atoms with E-state index in [4.69, 9.17) is 9.47 Å². The Morgan fingerprint density at radius 1 is 1.24 bits per heavy atom. The monoisotopic (exact) mass is 248 g/mol. The van der Waals surface area contributed by atoms with E-state index >= 15 is 0 Å². The Morgan fingerprint density at radius 2 is 1.94 bits per heavy atom. The topological polar surface area (TPSA) is 18.5 Å². The highest BCUT2D eigenvalue weighted by Gasteiger charge is 2.26. The fourth-order valence-electron chi connectivity index (χ4n) is 1.34. The molecule has 0 radical (unpaired) electrons. The SMILES string of the molecule is COc1cc(C)ccc1COCCC(F)(F)F. The molecule has 0 N–H and O–H groups in total. The van der Waals surface area contributed by atoms with Crippen molar-refractivity contribution in [2.75, 3.05) is 13.7 Å². The Bertz CT molecular complexity index is 361. The third kappa shape index (κ3) is 5.08. The van der Waals surface area contributed by atoms with E-state index in [1.165, 1.54) is 7.11 Å². The van der Waals surface area contributed by atoms with Crippen LogP contribution in [0, 0.1) is 6.92 Å². The second-order valence-corrected chi connectivity index (χ2v) is 3.73. The van der Waals surface area contributed by atoms with E-state index in [9.17, 15) is 13.2 Å². The average Bonchev–Trinajstić information content (AvgIpc) is 2.24. The lowest BCUT2D eigenvalue weighted by Crippen LogP contribution is -2.11. The number of hydrogen-bond acceptors (Lipinski definition) is 2. The van der Waals surface area contributed by atoms with Crippen molar-refractivity contribution < 1.29 is 22.6 Å². The molecule has 0 unspecified atom stereocenters. The number of ether oxygens (including phenoxy) is 2. The first-order chi connectivity index (χ1) is 7.92. The van der Waals surface area contributed by atoms with Gasteiger partial charge < -0.3 is 9.47 Å². The van der Waals surface area contributed by atoms with Gasteiger partial charge in [-0.15, -0.1) is 0 Å². The number of halogens is 3. The maximum absolute atomic E-state index is 11.9. The van der Waals surface area contributed by atoms with Crippen LogP contribution in [-0.4, -0.2) is 19.9 Å². The van der Waals surface area contributed by atoms with Gasteiger partial charge in [-0.25, -0.2) is 0 Å². The summed E-state index contributed by atoms with van der Waals surface area (Å²) in [6.45, 7) is 1.71. The lowest BCUT2D eigenvalue weighted by molar-refractivity contribution is -0.146. The summed E-state index contributed by atoms with van der Waals surface area (Å²) in [4.78, 5) is 0. The molecule has 1 rings (SSSR count). The minimum absolute atomic E-state index is 0.125. The predicted octanol–water partition coefficient (Wildman–Crippen LogP) is 3.47. The second kappa shape index (κ2) is 5.91. The van der Waals surface area contributed by atoms with Crippen molar-refractivity contribution in [3.05, 3.63) is 29.3 Å². The molecular weight excluding hydrogens is 233 g/mol. The van der Waals surface area contributed by atoms with Crippen LogP contribution >= 0.6 is 0 Å². The van der Waals surface area contributed by atoms with Crippen LogP contribution in [0.1, 0.15) is 17.5 Å². The molecule has 0 fully saturated rings. The predicted molar refractivity (Wildman–Crippen MR) is 58.1 cm³/mol. The van der Waals surface area contributed by atoms with Crippen LogP contribution in [0.3, 0.4) is 0 Å². The molecule has 0 aromatic heterocycles. The third-order valence-corrected chi connectivity index (χ3v) is 2.23. The van der Waals surface area contributed by atoms with Crippen molar-refractivity contribution in [3.63, 3.8) is 0 Å². The van der Waals surface area contributed by atoms with E-state index in [0.29, 0.717) is 5.75 Å². The van der Waals surface area contributed by atoms with Crippen molar-refractivity contribution in [1.82, 2.24) is 0 Å². The highest BCUT2D eigenvalue weighted by molar-refractivity contribution is 5.36. The van der Waals surface area contributed by atoms with Gasteiger partial charge in [-0.1, -0.05) is 12.1 Å². The third-order valence-electron chi connectivity index (χ3n) is 2.23. The summed E-state index contributed by atoms with van der Waals surface area (Å²) in [5, 5.41) is 0. The molecule has 0 spiro atoms. The van der Waals surface area contributed by atoms with Crippen LogP contribution in [0.15, 0.2) is 18.2 Å². The average molecular weight is 248 g/mol. The molecule has 0 atom stereocenters. The molecule has 0 saturated heterocycles. The Labute approximate surface area is 98.3 Å². The van der Waals surface area contributed by atoms with Crippen molar-refractivity contribution in [1.29, 1.82) is 0 Å². The van der Waals surface area contributed by atoms with Gasteiger partial charge in [0.2, 0.25) is 0 Å². The van der Waals surface area contributed by atoms with Gasteiger partial charge in [-0.2, -0.15) is 13.2 Å². The first-order valence-electron chi connectivity index (χ1n) is 5.20. The number of methoxy groups -OCH3 is 1. The van der Waals surface area contributed by atoms with E-state index in [-0.39, 0.29) is 13.2 Å². The molecule has 5 heteroatoms. The number of rotatable bonds is 5. The maximum Gasteiger partial charge on any atom is 0.391 e. The standard InChI is InChI=1S/C12H15F3O2/c1-9-3-4-10(11(7-9)16-2)8-17-6-5-12(13,14)15/h3-4,7H,5-6,8H2,1-2H3. The zero-order chi connectivity index (χ0) is 12.9. The molecule has 1 aromatic carbocycles. The Kier molecular flexibility index (Phi) is 4.81. The highest BCUT2D eigenvalue weighted by Crippen LogP contribution is 2.22. The van der Waals surface area contributed by atoms with Crippen LogP contribution in [0.4, 0.5) is 13.2 Å². The fourth-order valence-corrected chi connectivity index (χ4v) is 1.34. The molecule has 0 aliphatic rings. The first kappa shape index (κ1) is 13.8. The molecule has 0 amide bonds. The van der Waals surface area contributed by atoms with Gasteiger partial charge in [-0.3, -0.25) is 0 Å². The zero-order valence-electron chi connectivity index (χ0n) is 9.80. The van der Waals surface area contributed by atoms with Crippen LogP contribution in [0.2, 0.25) is 0 Å². The lowest BCUT2D eigenvalue weighted by atomic mass is 10.1. The van der Waals surface area contributed by atoms with Crippen molar-refractivity contribution in [2.45, 2.75) is 26.1 Å². The molecule has 0 aliphatic heterocycles. The number of aryl methyl sites for hydroxylation is 1. The van der Waals surface area contributed by atoms with Crippen molar-refractivity contribution in [3.8, 4) is 5.75 Å². The first-order valence-corrected chi connectivity index (χ1v) is 5.20. The van der Waals surface area contributed by atoms with Crippen LogP contribution in [0.25, 0.3) is 0 Å². The van der Waals surface area contributed by atoms with E-state index in [1.54, 1.807) is 6.07 Å². The summed E-state index contributed by atoms with van der Waals surface area (Å²) in [6.07, 6.45) is -5.10. The van der Waals surface area contributed by atoms with E-state index in [1.807, 2.05) is 19.1 Å². The summed E-state index contributed by atoms with van der Waals surface area (Å²) >= 11 is 0. The molecule has 0 heterocycles. The summed E-state index contributed by atoms with van der Waals surface area (Å²) in [6, 6.07) is 5.48. The highest BCUT2D eigenvalue weighted by atomic mass is 19.4. The van der Waals surface area contributed by atoms with Crippen molar-refractivity contribution in [2.24, 2.45) is 0 Å². The number of hydrogen-bond donors (Lipinski definition) is 0. The van der Waals surface area contributed by atoms with Crippen molar-refractivity contribution >= 4 is 0 Å². The number of alkyl halides is 3. The lowest BCUT2D eigenvalue weighted by Gasteiger charge is -2.11. The molecular formula is C12H15F3O2. The Balaban J connectivity index is 2.46. The summed E-state index contributed by atoms with van der Waals surface area (Å²) in [5.41, 5.74) is 1.78. The molecule has 0 aliphatic carbocycles. The zero-order valence-corrected chi connectivity index (χ0v) is 9.80. The van der Waals surface area contributed by atoms with E-state index in [0.717, 1.165) is 11.1 Å².